The van der Waals surface area contributed by atoms with Crippen LogP contribution in [0.1, 0.15) is 35.8 Å². The van der Waals surface area contributed by atoms with Crippen molar-refractivity contribution in [1.82, 2.24) is 15.2 Å². The Kier molecular flexibility index (Phi) is 5.17. The number of rotatable bonds is 6. The van der Waals surface area contributed by atoms with E-state index in [-0.39, 0.29) is 5.91 Å². The summed E-state index contributed by atoms with van der Waals surface area (Å²) in [5, 5.41) is 13.0. The minimum Gasteiger partial charge on any atom is -0.495 e. The molecule has 134 valence electrons. The average Bonchev–Trinajstić information content (AvgIpc) is 3.11. The predicted molar refractivity (Wildman–Crippen MR) is 101 cm³/mol. The Morgan fingerprint density at radius 1 is 1.19 bits per heavy atom. The van der Waals surface area contributed by atoms with Crippen molar-refractivity contribution in [3.63, 3.8) is 0 Å². The molecule has 1 aromatic carbocycles. The van der Waals surface area contributed by atoms with Crippen LogP contribution in [0.2, 0.25) is 0 Å². The highest BCUT2D eigenvalue weighted by Gasteiger charge is 2.15. The van der Waals surface area contributed by atoms with E-state index in [2.05, 4.69) is 39.7 Å². The fourth-order valence-electron chi connectivity index (χ4n) is 2.44. The molecule has 7 nitrogen and oxygen atoms in total. The fraction of sp³-hybridized carbons (Fsp3) is 0.211. The number of hydrogen-bond acceptors (Lipinski definition) is 5. The summed E-state index contributed by atoms with van der Waals surface area (Å²) < 4.78 is 5.33. The standard InChI is InChI=1S/C19H21N5O2/c1-12(2)15-11-17(24-23-15)22-19(25)13-7-6-10-20-18(13)21-14-8-4-5-9-16(14)26-3/h4-12H,1-3H3,(H,20,21)(H2,22,23,24,25). The van der Waals surface area contributed by atoms with Crippen molar-refractivity contribution in [1.29, 1.82) is 0 Å². The van der Waals surface area contributed by atoms with E-state index in [0.29, 0.717) is 28.9 Å². The number of nitrogens with zero attached hydrogens (tertiary/aromatic N) is 2. The number of para-hydroxylation sites is 2. The number of carbonyl (C=O) groups is 1. The van der Waals surface area contributed by atoms with Crippen LogP contribution >= 0.6 is 0 Å². The molecule has 3 rings (SSSR count). The second-order valence-electron chi connectivity index (χ2n) is 6.04. The van der Waals surface area contributed by atoms with Crippen LogP contribution in [-0.4, -0.2) is 28.2 Å². The van der Waals surface area contributed by atoms with E-state index in [1.165, 1.54) is 0 Å². The summed E-state index contributed by atoms with van der Waals surface area (Å²) in [6.45, 7) is 4.10. The van der Waals surface area contributed by atoms with Gasteiger partial charge in [0.25, 0.3) is 5.91 Å². The summed E-state index contributed by atoms with van der Waals surface area (Å²) >= 11 is 0. The summed E-state index contributed by atoms with van der Waals surface area (Å²) in [6.07, 6.45) is 1.62. The molecule has 2 aromatic heterocycles. The van der Waals surface area contributed by atoms with Crippen LogP contribution in [0.3, 0.4) is 0 Å². The number of ether oxygens (including phenoxy) is 1. The van der Waals surface area contributed by atoms with E-state index in [4.69, 9.17) is 4.74 Å². The normalized spacial score (nSPS) is 10.6. The maximum atomic E-state index is 12.7. The largest absolute Gasteiger partial charge is 0.495 e. The first-order valence-electron chi connectivity index (χ1n) is 8.30. The van der Waals surface area contributed by atoms with Gasteiger partial charge in [0.1, 0.15) is 11.6 Å². The molecule has 0 aliphatic carbocycles. The van der Waals surface area contributed by atoms with Crippen LogP contribution in [0.5, 0.6) is 5.75 Å². The maximum absolute atomic E-state index is 12.7. The zero-order valence-electron chi connectivity index (χ0n) is 14.9. The number of methoxy groups -OCH3 is 1. The van der Waals surface area contributed by atoms with E-state index >= 15 is 0 Å². The number of hydrogen-bond donors (Lipinski definition) is 3. The molecule has 2 heterocycles. The lowest BCUT2D eigenvalue weighted by atomic mass is 10.1. The Bertz CT molecular complexity index is 904. The first-order chi connectivity index (χ1) is 12.6. The number of carbonyl (C=O) groups excluding carboxylic acids is 1. The third-order valence-corrected chi connectivity index (χ3v) is 3.87. The predicted octanol–water partition coefficient (Wildman–Crippen LogP) is 3.93. The second-order valence-corrected chi connectivity index (χ2v) is 6.04. The molecule has 0 bridgehead atoms. The first kappa shape index (κ1) is 17.5. The van der Waals surface area contributed by atoms with Crippen molar-refractivity contribution < 1.29 is 9.53 Å². The lowest BCUT2D eigenvalue weighted by Crippen LogP contribution is -2.15. The molecular weight excluding hydrogens is 330 g/mol. The number of H-pyrrole nitrogens is 1. The zero-order chi connectivity index (χ0) is 18.5. The number of anilines is 3. The highest BCUT2D eigenvalue weighted by atomic mass is 16.5. The lowest BCUT2D eigenvalue weighted by Gasteiger charge is -2.13. The van der Waals surface area contributed by atoms with E-state index in [9.17, 15) is 4.79 Å². The Morgan fingerprint density at radius 2 is 2.00 bits per heavy atom. The first-order valence-corrected chi connectivity index (χ1v) is 8.30. The molecule has 3 N–H and O–H groups in total. The summed E-state index contributed by atoms with van der Waals surface area (Å²) in [4.78, 5) is 17.0. The third-order valence-electron chi connectivity index (χ3n) is 3.87. The van der Waals surface area contributed by atoms with E-state index < -0.39 is 0 Å². The number of aromatic amines is 1. The maximum Gasteiger partial charge on any atom is 0.260 e. The van der Waals surface area contributed by atoms with Crippen molar-refractivity contribution in [2.24, 2.45) is 0 Å². The summed E-state index contributed by atoms with van der Waals surface area (Å²) in [7, 11) is 1.59. The molecule has 0 aliphatic heterocycles. The number of amides is 1. The van der Waals surface area contributed by atoms with Gasteiger partial charge in [-0.15, -0.1) is 0 Å². The van der Waals surface area contributed by atoms with Crippen LogP contribution in [0.25, 0.3) is 0 Å². The topological polar surface area (TPSA) is 91.9 Å². The van der Waals surface area contributed by atoms with Gasteiger partial charge in [0.15, 0.2) is 5.82 Å². The van der Waals surface area contributed by atoms with Gasteiger partial charge in [-0.05, 0) is 30.2 Å². The van der Waals surface area contributed by atoms with Crippen LogP contribution in [0.15, 0.2) is 48.7 Å². The summed E-state index contributed by atoms with van der Waals surface area (Å²) in [6, 6.07) is 12.7. The Labute approximate surface area is 151 Å². The number of nitrogens with one attached hydrogen (secondary N) is 3. The van der Waals surface area contributed by atoms with Gasteiger partial charge >= 0.3 is 0 Å². The van der Waals surface area contributed by atoms with Crippen LogP contribution in [-0.2, 0) is 0 Å². The monoisotopic (exact) mass is 351 g/mol. The van der Waals surface area contributed by atoms with Crippen molar-refractivity contribution >= 4 is 23.2 Å². The minimum absolute atomic E-state index is 0.294. The summed E-state index contributed by atoms with van der Waals surface area (Å²) in [5.74, 6) is 1.59. The Morgan fingerprint density at radius 3 is 2.73 bits per heavy atom. The number of aromatic nitrogens is 3. The van der Waals surface area contributed by atoms with Gasteiger partial charge in [0, 0.05) is 18.0 Å². The molecule has 7 heteroatoms. The van der Waals surface area contributed by atoms with Gasteiger partial charge in [-0.2, -0.15) is 5.10 Å². The fourth-order valence-corrected chi connectivity index (χ4v) is 2.44. The number of pyridine rings is 1. The van der Waals surface area contributed by atoms with Crippen LogP contribution in [0.4, 0.5) is 17.3 Å². The molecule has 0 saturated heterocycles. The summed E-state index contributed by atoms with van der Waals surface area (Å²) in [5.41, 5.74) is 2.09. The third kappa shape index (κ3) is 3.83. The molecule has 0 unspecified atom stereocenters. The Hall–Kier alpha value is -3.35. The van der Waals surface area contributed by atoms with Gasteiger partial charge in [0.05, 0.1) is 18.4 Å². The number of benzene rings is 1. The molecule has 0 atom stereocenters. The van der Waals surface area contributed by atoms with Crippen molar-refractivity contribution in [2.45, 2.75) is 19.8 Å². The second kappa shape index (κ2) is 7.69. The molecule has 0 radical (unpaired) electrons. The van der Waals surface area contributed by atoms with Crippen molar-refractivity contribution in [2.75, 3.05) is 17.7 Å². The smallest absolute Gasteiger partial charge is 0.260 e. The van der Waals surface area contributed by atoms with E-state index in [0.717, 1.165) is 11.4 Å². The lowest BCUT2D eigenvalue weighted by molar-refractivity contribution is 0.102. The molecule has 0 aliphatic rings. The van der Waals surface area contributed by atoms with E-state index in [1.807, 2.05) is 30.3 Å². The molecule has 0 fully saturated rings. The molecular formula is C19H21N5O2. The van der Waals surface area contributed by atoms with E-state index in [1.54, 1.807) is 25.4 Å². The molecule has 1 amide bonds. The minimum atomic E-state index is -0.294. The average molecular weight is 351 g/mol. The van der Waals surface area contributed by atoms with Crippen LogP contribution < -0.4 is 15.4 Å². The van der Waals surface area contributed by atoms with Gasteiger partial charge in [-0.3, -0.25) is 9.89 Å². The molecule has 0 spiro atoms. The van der Waals surface area contributed by atoms with Gasteiger partial charge in [0.2, 0.25) is 0 Å². The molecule has 0 saturated carbocycles. The molecule has 26 heavy (non-hydrogen) atoms. The van der Waals surface area contributed by atoms with Gasteiger partial charge in [-0.25, -0.2) is 4.98 Å². The van der Waals surface area contributed by atoms with Crippen LogP contribution in [0, 0.1) is 0 Å². The van der Waals surface area contributed by atoms with Gasteiger partial charge < -0.3 is 15.4 Å². The van der Waals surface area contributed by atoms with Gasteiger partial charge in [-0.1, -0.05) is 26.0 Å². The molecule has 3 aromatic rings. The highest BCUT2D eigenvalue weighted by molar-refractivity contribution is 6.07. The highest BCUT2D eigenvalue weighted by Crippen LogP contribution is 2.27. The Balaban J connectivity index is 1.83. The van der Waals surface area contributed by atoms with Crippen molar-refractivity contribution in [3.8, 4) is 5.75 Å². The SMILES string of the molecule is COc1ccccc1Nc1ncccc1C(=O)Nc1cc(C(C)C)[nH]n1. The quantitative estimate of drug-likeness (QED) is 0.626. The van der Waals surface area contributed by atoms with Crippen molar-refractivity contribution in [3.05, 3.63) is 59.9 Å². The zero-order valence-corrected chi connectivity index (χ0v) is 14.9.